The summed E-state index contributed by atoms with van der Waals surface area (Å²) in [5.74, 6) is -0.874. The van der Waals surface area contributed by atoms with Crippen LogP contribution in [0.5, 0.6) is 0 Å². The van der Waals surface area contributed by atoms with E-state index < -0.39 is 5.97 Å². The van der Waals surface area contributed by atoms with Gasteiger partial charge in [0.15, 0.2) is 0 Å². The van der Waals surface area contributed by atoms with E-state index >= 15 is 0 Å². The number of hydrogen-bond acceptors (Lipinski definition) is 3. The molecule has 0 amide bonds. The minimum atomic E-state index is -0.874. The van der Waals surface area contributed by atoms with Gasteiger partial charge in [0.05, 0.1) is 29.0 Å². The Morgan fingerprint density at radius 2 is 2.10 bits per heavy atom. The van der Waals surface area contributed by atoms with Gasteiger partial charge < -0.3 is 9.67 Å². The second kappa shape index (κ2) is 4.84. The van der Waals surface area contributed by atoms with Crippen molar-refractivity contribution in [2.24, 2.45) is 0 Å². The van der Waals surface area contributed by atoms with Crippen LogP contribution in [-0.2, 0) is 0 Å². The molecule has 4 rings (SSSR count). The lowest BCUT2D eigenvalue weighted by Gasteiger charge is -2.33. The van der Waals surface area contributed by atoms with Gasteiger partial charge in [-0.2, -0.15) is 0 Å². The van der Waals surface area contributed by atoms with Crippen LogP contribution in [0, 0.1) is 0 Å². The Hall–Kier alpha value is -1.88. The van der Waals surface area contributed by atoms with E-state index in [1.54, 1.807) is 12.1 Å². The van der Waals surface area contributed by atoms with E-state index in [2.05, 4.69) is 14.5 Å². The molecule has 1 N–H and O–H groups in total. The molecule has 2 aliphatic heterocycles. The molecular weight excluding hydrogens is 266 g/mol. The molecule has 0 radical (unpaired) electrons. The third kappa shape index (κ3) is 1.95. The number of carboxylic acids is 1. The fraction of sp³-hybridized carbons (Fsp3) is 0.500. The first-order valence-corrected chi connectivity index (χ1v) is 7.68. The van der Waals surface area contributed by atoms with Gasteiger partial charge in [-0.1, -0.05) is 12.5 Å². The lowest BCUT2D eigenvalue weighted by molar-refractivity contribution is 0.0698. The molecule has 21 heavy (non-hydrogen) atoms. The van der Waals surface area contributed by atoms with Crippen LogP contribution in [0.4, 0.5) is 0 Å². The minimum absolute atomic E-state index is 0.357. The van der Waals surface area contributed by atoms with Gasteiger partial charge in [0.2, 0.25) is 0 Å². The van der Waals surface area contributed by atoms with Crippen molar-refractivity contribution >= 4 is 17.0 Å². The van der Waals surface area contributed by atoms with E-state index in [4.69, 9.17) is 0 Å². The Bertz CT molecular complexity index is 694. The Morgan fingerprint density at radius 3 is 2.95 bits per heavy atom. The van der Waals surface area contributed by atoms with Crippen LogP contribution in [0.15, 0.2) is 24.5 Å². The number of carbonyl (C=O) groups is 1. The summed E-state index contributed by atoms with van der Waals surface area (Å²) in [6.07, 6.45) is 6.69. The summed E-state index contributed by atoms with van der Waals surface area (Å²) in [5, 5.41) is 9.45. The molecule has 2 aromatic rings. The van der Waals surface area contributed by atoms with Crippen LogP contribution >= 0.6 is 0 Å². The molecule has 2 atom stereocenters. The number of carboxylic acid groups (broad SMARTS) is 1. The van der Waals surface area contributed by atoms with Crippen LogP contribution in [0.1, 0.15) is 42.1 Å². The topological polar surface area (TPSA) is 58.4 Å². The van der Waals surface area contributed by atoms with Crippen molar-refractivity contribution in [2.75, 3.05) is 13.1 Å². The lowest BCUT2D eigenvalue weighted by atomic mass is 9.98. The zero-order valence-electron chi connectivity index (χ0n) is 11.9. The quantitative estimate of drug-likeness (QED) is 0.921. The van der Waals surface area contributed by atoms with Gasteiger partial charge in [0.25, 0.3) is 0 Å². The molecule has 1 aromatic heterocycles. The van der Waals surface area contributed by atoms with E-state index in [-0.39, 0.29) is 0 Å². The van der Waals surface area contributed by atoms with Crippen LogP contribution in [0.25, 0.3) is 11.0 Å². The summed E-state index contributed by atoms with van der Waals surface area (Å²) in [7, 11) is 0. The highest BCUT2D eigenvalue weighted by molar-refractivity contribution is 6.01. The van der Waals surface area contributed by atoms with Crippen LogP contribution < -0.4 is 0 Å². The van der Waals surface area contributed by atoms with Crippen LogP contribution in [0.2, 0.25) is 0 Å². The summed E-state index contributed by atoms with van der Waals surface area (Å²) < 4.78 is 2.12. The maximum absolute atomic E-state index is 11.5. The monoisotopic (exact) mass is 285 g/mol. The number of benzene rings is 1. The first kappa shape index (κ1) is 12.8. The summed E-state index contributed by atoms with van der Waals surface area (Å²) in [6, 6.07) is 6.24. The minimum Gasteiger partial charge on any atom is -0.478 e. The number of aromatic carboxylic acids is 1. The fourth-order valence-corrected chi connectivity index (χ4v) is 4.06. The van der Waals surface area contributed by atoms with E-state index in [0.717, 1.165) is 24.0 Å². The summed E-state index contributed by atoms with van der Waals surface area (Å²) in [5.41, 5.74) is 1.92. The molecule has 0 saturated carbocycles. The van der Waals surface area contributed by atoms with Crippen LogP contribution in [-0.4, -0.2) is 44.7 Å². The van der Waals surface area contributed by atoms with Crippen molar-refractivity contribution in [1.82, 2.24) is 14.5 Å². The van der Waals surface area contributed by atoms with E-state index in [1.807, 2.05) is 12.4 Å². The third-order valence-corrected chi connectivity index (χ3v) is 5.00. The molecule has 2 saturated heterocycles. The van der Waals surface area contributed by atoms with Gasteiger partial charge >= 0.3 is 5.97 Å². The van der Waals surface area contributed by atoms with Gasteiger partial charge in [-0.3, -0.25) is 4.90 Å². The highest BCUT2D eigenvalue weighted by Gasteiger charge is 2.37. The van der Waals surface area contributed by atoms with E-state index in [0.29, 0.717) is 17.6 Å². The van der Waals surface area contributed by atoms with Crippen molar-refractivity contribution in [1.29, 1.82) is 0 Å². The number of imidazole rings is 1. The molecule has 110 valence electrons. The smallest absolute Gasteiger partial charge is 0.337 e. The number of hydrogen-bond donors (Lipinski definition) is 1. The number of aromatic nitrogens is 2. The fourth-order valence-electron chi connectivity index (χ4n) is 4.06. The molecule has 2 fully saturated rings. The van der Waals surface area contributed by atoms with Gasteiger partial charge in [-0.15, -0.1) is 0 Å². The van der Waals surface area contributed by atoms with Crippen molar-refractivity contribution in [2.45, 2.75) is 37.8 Å². The Balaban J connectivity index is 1.82. The molecule has 1 aromatic carbocycles. The maximum atomic E-state index is 11.5. The van der Waals surface area contributed by atoms with Crippen molar-refractivity contribution in [3.63, 3.8) is 0 Å². The first-order chi connectivity index (χ1) is 10.3. The standard InChI is InChI=1S/C16H19N3O2/c20-16(21)11-4-3-5-12-15(11)19(10-17-12)14-7-9-18-8-2-1-6-13(14)18/h3-5,10,13-14H,1-2,6-9H2,(H,20,21). The average molecular weight is 285 g/mol. The molecule has 3 heterocycles. The zero-order chi connectivity index (χ0) is 14.4. The van der Waals surface area contributed by atoms with E-state index in [1.165, 1.54) is 25.8 Å². The maximum Gasteiger partial charge on any atom is 0.337 e. The summed E-state index contributed by atoms with van der Waals surface area (Å²) in [4.78, 5) is 18.5. The predicted molar refractivity (Wildman–Crippen MR) is 79.6 cm³/mol. The number of nitrogens with zero attached hydrogens (tertiary/aromatic N) is 3. The number of fused-ring (bicyclic) bond motifs is 2. The molecule has 5 nitrogen and oxygen atoms in total. The molecule has 0 spiro atoms. The second-order valence-electron chi connectivity index (χ2n) is 6.09. The molecule has 0 aliphatic carbocycles. The second-order valence-corrected chi connectivity index (χ2v) is 6.09. The van der Waals surface area contributed by atoms with Gasteiger partial charge in [0, 0.05) is 12.6 Å². The number of rotatable bonds is 2. The Labute approximate surface area is 123 Å². The van der Waals surface area contributed by atoms with Crippen molar-refractivity contribution < 1.29 is 9.90 Å². The van der Waals surface area contributed by atoms with Gasteiger partial charge in [-0.05, 0) is 37.9 Å². The largest absolute Gasteiger partial charge is 0.478 e. The number of piperidine rings is 1. The summed E-state index contributed by atoms with van der Waals surface area (Å²) in [6.45, 7) is 2.30. The van der Waals surface area contributed by atoms with Crippen LogP contribution in [0.3, 0.4) is 0 Å². The SMILES string of the molecule is O=C(O)c1cccc2ncn(C3CCN4CCCCC34)c12. The number of para-hydroxylation sites is 1. The first-order valence-electron chi connectivity index (χ1n) is 7.68. The predicted octanol–water partition coefficient (Wildman–Crippen LogP) is 2.53. The summed E-state index contributed by atoms with van der Waals surface area (Å²) >= 11 is 0. The highest BCUT2D eigenvalue weighted by atomic mass is 16.4. The zero-order valence-corrected chi connectivity index (χ0v) is 11.9. The average Bonchev–Trinajstić information content (AvgIpc) is 3.09. The molecule has 5 heteroatoms. The van der Waals surface area contributed by atoms with Gasteiger partial charge in [-0.25, -0.2) is 9.78 Å². The Kier molecular flexibility index (Phi) is 2.96. The highest BCUT2D eigenvalue weighted by Crippen LogP contribution is 2.37. The Morgan fingerprint density at radius 1 is 1.19 bits per heavy atom. The van der Waals surface area contributed by atoms with E-state index in [9.17, 15) is 9.90 Å². The van der Waals surface area contributed by atoms with Gasteiger partial charge in [0.1, 0.15) is 0 Å². The molecular formula is C16H19N3O2. The molecule has 2 aliphatic rings. The van der Waals surface area contributed by atoms with Crippen molar-refractivity contribution in [3.8, 4) is 0 Å². The third-order valence-electron chi connectivity index (χ3n) is 5.00. The van der Waals surface area contributed by atoms with Crippen molar-refractivity contribution in [3.05, 3.63) is 30.1 Å². The normalized spacial score (nSPS) is 26.1. The lowest BCUT2D eigenvalue weighted by Crippen LogP contribution is -2.37. The molecule has 2 unspecified atom stereocenters. The molecule has 0 bridgehead atoms.